The van der Waals surface area contributed by atoms with Crippen molar-refractivity contribution in [3.63, 3.8) is 0 Å². The summed E-state index contributed by atoms with van der Waals surface area (Å²) in [4.78, 5) is 10.4. The number of hydrogen-bond acceptors (Lipinski definition) is 1. The highest BCUT2D eigenvalue weighted by molar-refractivity contribution is 5.88. The molecule has 0 aliphatic rings. The molecule has 3 heteroatoms. The molecule has 0 fully saturated rings. The Morgan fingerprint density at radius 3 is 2.16 bits per heavy atom. The van der Waals surface area contributed by atoms with Crippen LogP contribution in [0, 0.1) is 6.92 Å². The lowest BCUT2D eigenvalue weighted by atomic mass is 10.2. The molecule has 0 atom stereocenters. The SMILES string of the molecule is C=Cc1ccccc1.Cc1ccccc1NC(N)=O. The van der Waals surface area contributed by atoms with Crippen LogP contribution in [0.25, 0.3) is 6.08 Å². The highest BCUT2D eigenvalue weighted by atomic mass is 16.2. The number of carbonyl (C=O) groups excluding carboxylic acids is 1. The number of nitrogens with one attached hydrogen (secondary N) is 1. The van der Waals surface area contributed by atoms with Gasteiger partial charge < -0.3 is 11.1 Å². The molecule has 0 saturated carbocycles. The molecule has 0 aromatic heterocycles. The number of anilines is 1. The van der Waals surface area contributed by atoms with Gasteiger partial charge in [-0.2, -0.15) is 0 Å². The molecule has 2 aromatic rings. The van der Waals surface area contributed by atoms with E-state index in [0.29, 0.717) is 0 Å². The van der Waals surface area contributed by atoms with Gasteiger partial charge in [0, 0.05) is 5.69 Å². The summed E-state index contributed by atoms with van der Waals surface area (Å²) >= 11 is 0. The lowest BCUT2D eigenvalue weighted by Gasteiger charge is -2.03. The van der Waals surface area contributed by atoms with E-state index in [0.717, 1.165) is 11.3 Å². The van der Waals surface area contributed by atoms with E-state index in [1.165, 1.54) is 5.56 Å². The fourth-order valence-corrected chi connectivity index (χ4v) is 1.44. The number of rotatable bonds is 2. The summed E-state index contributed by atoms with van der Waals surface area (Å²) in [6, 6.07) is 17.0. The highest BCUT2D eigenvalue weighted by Crippen LogP contribution is 2.11. The Hall–Kier alpha value is -2.55. The van der Waals surface area contributed by atoms with E-state index < -0.39 is 6.03 Å². The van der Waals surface area contributed by atoms with Crippen LogP contribution in [-0.2, 0) is 0 Å². The highest BCUT2D eigenvalue weighted by Gasteiger charge is 1.96. The molecule has 3 N–H and O–H groups in total. The van der Waals surface area contributed by atoms with E-state index in [1.807, 2.05) is 61.5 Å². The monoisotopic (exact) mass is 254 g/mol. The first-order valence-electron chi connectivity index (χ1n) is 5.93. The second kappa shape index (κ2) is 7.71. The molecule has 3 nitrogen and oxygen atoms in total. The molecular formula is C16H18N2O. The molecule has 2 aromatic carbocycles. The Bertz CT molecular complexity index is 535. The summed E-state index contributed by atoms with van der Waals surface area (Å²) < 4.78 is 0. The molecule has 0 heterocycles. The van der Waals surface area contributed by atoms with Gasteiger partial charge in [-0.3, -0.25) is 0 Å². The Kier molecular flexibility index (Phi) is 5.89. The van der Waals surface area contributed by atoms with Crippen LogP contribution in [0.5, 0.6) is 0 Å². The van der Waals surface area contributed by atoms with Gasteiger partial charge in [-0.05, 0) is 24.1 Å². The molecule has 0 unspecified atom stereocenters. The van der Waals surface area contributed by atoms with Gasteiger partial charge in [0.1, 0.15) is 0 Å². The van der Waals surface area contributed by atoms with Crippen LogP contribution in [0.4, 0.5) is 10.5 Å². The lowest BCUT2D eigenvalue weighted by Crippen LogP contribution is -2.19. The summed E-state index contributed by atoms with van der Waals surface area (Å²) in [5, 5.41) is 2.51. The van der Waals surface area contributed by atoms with Crippen molar-refractivity contribution in [2.75, 3.05) is 5.32 Å². The molecule has 19 heavy (non-hydrogen) atoms. The fourth-order valence-electron chi connectivity index (χ4n) is 1.44. The van der Waals surface area contributed by atoms with Gasteiger partial charge in [-0.25, -0.2) is 4.79 Å². The maximum atomic E-state index is 10.4. The van der Waals surface area contributed by atoms with Gasteiger partial charge in [0.25, 0.3) is 0 Å². The minimum absolute atomic E-state index is 0.528. The Morgan fingerprint density at radius 2 is 1.68 bits per heavy atom. The number of primary amides is 1. The number of para-hydroxylation sites is 1. The molecule has 98 valence electrons. The molecular weight excluding hydrogens is 236 g/mol. The van der Waals surface area contributed by atoms with Gasteiger partial charge in [0.05, 0.1) is 0 Å². The average Bonchev–Trinajstić information content (AvgIpc) is 2.43. The van der Waals surface area contributed by atoms with Crippen LogP contribution in [0.1, 0.15) is 11.1 Å². The number of carbonyl (C=O) groups is 1. The van der Waals surface area contributed by atoms with Gasteiger partial charge >= 0.3 is 6.03 Å². The number of nitrogens with two attached hydrogens (primary N) is 1. The molecule has 2 rings (SSSR count). The quantitative estimate of drug-likeness (QED) is 0.841. The second-order valence-corrected chi connectivity index (χ2v) is 3.92. The van der Waals surface area contributed by atoms with Crippen LogP contribution in [0.3, 0.4) is 0 Å². The van der Waals surface area contributed by atoms with Crippen LogP contribution in [0.15, 0.2) is 61.2 Å². The molecule has 0 spiro atoms. The Labute approximate surface area is 113 Å². The van der Waals surface area contributed by atoms with Crippen molar-refractivity contribution < 1.29 is 4.79 Å². The molecule has 0 radical (unpaired) electrons. The minimum Gasteiger partial charge on any atom is -0.351 e. The maximum Gasteiger partial charge on any atom is 0.316 e. The van der Waals surface area contributed by atoms with Crippen molar-refractivity contribution in [2.45, 2.75) is 6.92 Å². The third-order valence-electron chi connectivity index (χ3n) is 2.44. The third kappa shape index (κ3) is 5.55. The van der Waals surface area contributed by atoms with Gasteiger partial charge in [-0.1, -0.05) is 61.2 Å². The largest absolute Gasteiger partial charge is 0.351 e. The number of urea groups is 1. The zero-order valence-corrected chi connectivity index (χ0v) is 11.0. The van der Waals surface area contributed by atoms with Crippen molar-refractivity contribution in [3.8, 4) is 0 Å². The third-order valence-corrected chi connectivity index (χ3v) is 2.44. The van der Waals surface area contributed by atoms with Gasteiger partial charge in [0.15, 0.2) is 0 Å². The number of aryl methyl sites for hydroxylation is 1. The lowest BCUT2D eigenvalue weighted by molar-refractivity contribution is 0.259. The number of hydrogen-bond donors (Lipinski definition) is 2. The van der Waals surface area contributed by atoms with E-state index in [-0.39, 0.29) is 0 Å². The summed E-state index contributed by atoms with van der Waals surface area (Å²) in [6.45, 7) is 5.54. The second-order valence-electron chi connectivity index (χ2n) is 3.92. The van der Waals surface area contributed by atoms with Crippen molar-refractivity contribution in [1.29, 1.82) is 0 Å². The molecule has 0 aliphatic carbocycles. The molecule has 0 bridgehead atoms. The van der Waals surface area contributed by atoms with Crippen LogP contribution < -0.4 is 11.1 Å². The van der Waals surface area contributed by atoms with Crippen molar-refractivity contribution >= 4 is 17.8 Å². The molecule has 2 amide bonds. The standard InChI is InChI=1S/C8H10N2O.C8H8/c1-6-4-2-3-5-7(6)10-8(9)11;1-2-8-6-4-3-5-7-8/h2-5H,1H3,(H3,9,10,11);2-7H,1H2. The van der Waals surface area contributed by atoms with Gasteiger partial charge in [0.2, 0.25) is 0 Å². The topological polar surface area (TPSA) is 55.1 Å². The Balaban J connectivity index is 0.000000200. The summed E-state index contributed by atoms with van der Waals surface area (Å²) in [6.07, 6.45) is 1.83. The van der Waals surface area contributed by atoms with E-state index in [1.54, 1.807) is 6.07 Å². The summed E-state index contributed by atoms with van der Waals surface area (Å²) in [5.74, 6) is 0. The zero-order chi connectivity index (χ0) is 14.1. The predicted octanol–water partition coefficient (Wildman–Crippen LogP) is 3.82. The molecule has 0 saturated heterocycles. The first-order valence-corrected chi connectivity index (χ1v) is 5.93. The van der Waals surface area contributed by atoms with E-state index in [2.05, 4.69) is 11.9 Å². The average molecular weight is 254 g/mol. The van der Waals surface area contributed by atoms with E-state index in [9.17, 15) is 4.79 Å². The van der Waals surface area contributed by atoms with E-state index in [4.69, 9.17) is 5.73 Å². The fraction of sp³-hybridized carbons (Fsp3) is 0.0625. The Morgan fingerprint density at radius 1 is 1.11 bits per heavy atom. The maximum absolute atomic E-state index is 10.4. The first kappa shape index (κ1) is 14.5. The smallest absolute Gasteiger partial charge is 0.316 e. The minimum atomic E-state index is -0.528. The molecule has 0 aliphatic heterocycles. The van der Waals surface area contributed by atoms with Crippen LogP contribution in [0.2, 0.25) is 0 Å². The van der Waals surface area contributed by atoms with Crippen LogP contribution in [-0.4, -0.2) is 6.03 Å². The van der Waals surface area contributed by atoms with Crippen LogP contribution >= 0.6 is 0 Å². The predicted molar refractivity (Wildman–Crippen MR) is 80.9 cm³/mol. The first-order chi connectivity index (χ1) is 9.13. The summed E-state index contributed by atoms with van der Waals surface area (Å²) in [7, 11) is 0. The van der Waals surface area contributed by atoms with Crippen molar-refractivity contribution in [1.82, 2.24) is 0 Å². The summed E-state index contributed by atoms with van der Waals surface area (Å²) in [5.41, 5.74) is 7.89. The number of benzene rings is 2. The van der Waals surface area contributed by atoms with Gasteiger partial charge in [-0.15, -0.1) is 0 Å². The van der Waals surface area contributed by atoms with Crippen molar-refractivity contribution in [3.05, 3.63) is 72.3 Å². The van der Waals surface area contributed by atoms with Crippen molar-refractivity contribution in [2.24, 2.45) is 5.73 Å². The number of amides is 2. The van der Waals surface area contributed by atoms with E-state index >= 15 is 0 Å². The zero-order valence-electron chi connectivity index (χ0n) is 11.0. The normalized spacial score (nSPS) is 8.89.